The Kier molecular flexibility index (Phi) is 5.55. The van der Waals surface area contributed by atoms with Gasteiger partial charge in [0.15, 0.2) is 5.65 Å². The number of carbonyl (C=O) groups is 1. The van der Waals surface area contributed by atoms with Crippen molar-refractivity contribution in [2.75, 3.05) is 19.4 Å². The summed E-state index contributed by atoms with van der Waals surface area (Å²) >= 11 is 0. The highest BCUT2D eigenvalue weighted by atomic mass is 19.1. The fourth-order valence-corrected chi connectivity index (χ4v) is 3.94. The molecule has 170 valence electrons. The number of anilines is 1. The second-order valence-corrected chi connectivity index (χ2v) is 7.81. The molecule has 2 heterocycles. The molecule has 0 unspecified atom stereocenters. The standard InChI is InChI=1S/C26H22FN5O2/c1-34-19-12-6-16(7-13-19)14-15-29-26(33)22-23-25(31-21-5-3-2-4-20(21)30-23)32(24(22)28)18-10-8-17(27)9-11-18/h2-13H,14-15,28H2,1H3,(H,29,33). The molecule has 2 aromatic heterocycles. The molecule has 5 rings (SSSR count). The zero-order valence-electron chi connectivity index (χ0n) is 18.5. The SMILES string of the molecule is COc1ccc(CCNC(=O)c2c(N)n(-c3ccc(F)cc3)c3nc4ccccc4nc23)cc1. The van der Waals surface area contributed by atoms with Gasteiger partial charge in [-0.3, -0.25) is 9.36 Å². The van der Waals surface area contributed by atoms with Crippen molar-refractivity contribution in [2.24, 2.45) is 0 Å². The van der Waals surface area contributed by atoms with Crippen LogP contribution in [0.2, 0.25) is 0 Å². The number of nitrogen functional groups attached to an aromatic ring is 1. The predicted molar refractivity (Wildman–Crippen MR) is 130 cm³/mol. The summed E-state index contributed by atoms with van der Waals surface area (Å²) in [5, 5.41) is 2.94. The number of nitrogens with zero attached hydrogens (tertiary/aromatic N) is 3. The smallest absolute Gasteiger partial charge is 0.257 e. The summed E-state index contributed by atoms with van der Waals surface area (Å²) in [6.45, 7) is 0.412. The Morgan fingerprint density at radius 2 is 1.68 bits per heavy atom. The molecule has 1 amide bonds. The number of carbonyl (C=O) groups excluding carboxylic acids is 1. The third-order valence-corrected chi connectivity index (χ3v) is 5.67. The van der Waals surface area contributed by atoms with Crippen LogP contribution in [0.1, 0.15) is 15.9 Å². The van der Waals surface area contributed by atoms with Crippen LogP contribution in [0.5, 0.6) is 5.75 Å². The van der Waals surface area contributed by atoms with Crippen LogP contribution in [0.15, 0.2) is 72.8 Å². The highest BCUT2D eigenvalue weighted by molar-refractivity contribution is 6.11. The molecule has 0 spiro atoms. The third kappa shape index (κ3) is 3.90. The Labute approximate surface area is 195 Å². The Morgan fingerprint density at radius 3 is 2.35 bits per heavy atom. The molecule has 0 aliphatic heterocycles. The maximum absolute atomic E-state index is 13.5. The van der Waals surface area contributed by atoms with Crippen molar-refractivity contribution >= 4 is 33.9 Å². The van der Waals surface area contributed by atoms with Gasteiger partial charge in [-0.05, 0) is 60.5 Å². The van der Waals surface area contributed by atoms with Gasteiger partial charge in [-0.1, -0.05) is 24.3 Å². The fourth-order valence-electron chi connectivity index (χ4n) is 3.94. The first-order chi connectivity index (χ1) is 16.5. The van der Waals surface area contributed by atoms with E-state index in [0.717, 1.165) is 11.3 Å². The average molecular weight is 455 g/mol. The molecule has 0 aliphatic rings. The van der Waals surface area contributed by atoms with Gasteiger partial charge in [0.05, 0.1) is 18.1 Å². The van der Waals surface area contributed by atoms with Gasteiger partial charge in [0, 0.05) is 12.2 Å². The van der Waals surface area contributed by atoms with E-state index in [2.05, 4.69) is 5.32 Å². The number of amides is 1. The monoisotopic (exact) mass is 455 g/mol. The molecule has 7 nitrogen and oxygen atoms in total. The van der Waals surface area contributed by atoms with Crippen molar-refractivity contribution in [3.8, 4) is 11.4 Å². The highest BCUT2D eigenvalue weighted by Crippen LogP contribution is 2.31. The van der Waals surface area contributed by atoms with E-state index in [1.807, 2.05) is 48.5 Å². The fraction of sp³-hybridized carbons (Fsp3) is 0.115. The van der Waals surface area contributed by atoms with E-state index < -0.39 is 0 Å². The average Bonchev–Trinajstić information content (AvgIpc) is 3.14. The molecule has 34 heavy (non-hydrogen) atoms. The van der Waals surface area contributed by atoms with E-state index >= 15 is 0 Å². The van der Waals surface area contributed by atoms with Crippen LogP contribution in [0.3, 0.4) is 0 Å². The number of nitrogens with two attached hydrogens (primary N) is 1. The molecule has 0 radical (unpaired) electrons. The summed E-state index contributed by atoms with van der Waals surface area (Å²) in [7, 11) is 1.62. The van der Waals surface area contributed by atoms with Gasteiger partial charge in [-0.15, -0.1) is 0 Å². The predicted octanol–water partition coefficient (Wildman–Crippen LogP) is 4.28. The molecule has 8 heteroatoms. The van der Waals surface area contributed by atoms with Crippen LogP contribution in [-0.2, 0) is 6.42 Å². The quantitative estimate of drug-likeness (QED) is 0.399. The number of para-hydroxylation sites is 2. The number of halogens is 1. The van der Waals surface area contributed by atoms with E-state index in [4.69, 9.17) is 20.4 Å². The molecule has 3 N–H and O–H groups in total. The molecule has 0 saturated carbocycles. The van der Waals surface area contributed by atoms with Crippen molar-refractivity contribution < 1.29 is 13.9 Å². The highest BCUT2D eigenvalue weighted by Gasteiger charge is 2.24. The first-order valence-corrected chi connectivity index (χ1v) is 10.8. The lowest BCUT2D eigenvalue weighted by molar-refractivity contribution is 0.0956. The maximum atomic E-state index is 13.5. The normalized spacial score (nSPS) is 11.1. The topological polar surface area (TPSA) is 95.1 Å². The number of rotatable bonds is 6. The molecule has 0 aliphatic carbocycles. The van der Waals surface area contributed by atoms with Crippen LogP contribution in [-0.4, -0.2) is 34.1 Å². The summed E-state index contributed by atoms with van der Waals surface area (Å²) in [5.41, 5.74) is 10.5. The lowest BCUT2D eigenvalue weighted by atomic mass is 10.1. The van der Waals surface area contributed by atoms with E-state index in [0.29, 0.717) is 40.9 Å². The Bertz CT molecular complexity index is 1490. The number of hydrogen-bond donors (Lipinski definition) is 2. The van der Waals surface area contributed by atoms with Crippen molar-refractivity contribution in [3.63, 3.8) is 0 Å². The van der Waals surface area contributed by atoms with Crippen molar-refractivity contribution in [1.82, 2.24) is 19.9 Å². The second kappa shape index (κ2) is 8.82. The van der Waals surface area contributed by atoms with Crippen molar-refractivity contribution in [3.05, 3.63) is 89.7 Å². The summed E-state index contributed by atoms with van der Waals surface area (Å²) in [6, 6.07) is 20.9. The molecular weight excluding hydrogens is 433 g/mol. The lowest BCUT2D eigenvalue weighted by Gasteiger charge is -2.08. The summed E-state index contributed by atoms with van der Waals surface area (Å²) in [4.78, 5) is 22.7. The van der Waals surface area contributed by atoms with Crippen molar-refractivity contribution in [2.45, 2.75) is 6.42 Å². The largest absolute Gasteiger partial charge is 0.497 e. The van der Waals surface area contributed by atoms with E-state index in [1.54, 1.807) is 23.8 Å². The number of nitrogens with one attached hydrogen (secondary N) is 1. The van der Waals surface area contributed by atoms with Crippen LogP contribution in [0, 0.1) is 5.82 Å². The summed E-state index contributed by atoms with van der Waals surface area (Å²) < 4.78 is 20.4. The molecule has 0 bridgehead atoms. The molecule has 0 saturated heterocycles. The second-order valence-electron chi connectivity index (χ2n) is 7.81. The number of benzene rings is 3. The first kappa shape index (κ1) is 21.4. The molecule has 0 fully saturated rings. The number of aromatic nitrogens is 3. The van der Waals surface area contributed by atoms with E-state index in [1.165, 1.54) is 12.1 Å². The molecule has 5 aromatic rings. The van der Waals surface area contributed by atoms with Crippen LogP contribution in [0.4, 0.5) is 10.2 Å². The molecular formula is C26H22FN5O2. The third-order valence-electron chi connectivity index (χ3n) is 5.67. The Morgan fingerprint density at radius 1 is 1.00 bits per heavy atom. The van der Waals surface area contributed by atoms with Gasteiger partial charge >= 0.3 is 0 Å². The van der Waals surface area contributed by atoms with Gasteiger partial charge in [-0.2, -0.15) is 0 Å². The van der Waals surface area contributed by atoms with Gasteiger partial charge in [0.2, 0.25) is 0 Å². The van der Waals surface area contributed by atoms with Gasteiger partial charge in [0.25, 0.3) is 5.91 Å². The van der Waals surface area contributed by atoms with Crippen LogP contribution >= 0.6 is 0 Å². The van der Waals surface area contributed by atoms with Gasteiger partial charge in [0.1, 0.15) is 28.5 Å². The summed E-state index contributed by atoms with van der Waals surface area (Å²) in [5.74, 6) is 0.257. The van der Waals surface area contributed by atoms with E-state index in [-0.39, 0.29) is 23.1 Å². The van der Waals surface area contributed by atoms with Crippen LogP contribution < -0.4 is 15.8 Å². The first-order valence-electron chi connectivity index (χ1n) is 10.8. The van der Waals surface area contributed by atoms with Crippen LogP contribution in [0.25, 0.3) is 27.9 Å². The number of hydrogen-bond acceptors (Lipinski definition) is 5. The maximum Gasteiger partial charge on any atom is 0.257 e. The minimum absolute atomic E-state index is 0.193. The van der Waals surface area contributed by atoms with Gasteiger partial charge < -0.3 is 15.8 Å². The summed E-state index contributed by atoms with van der Waals surface area (Å²) in [6.07, 6.45) is 0.640. The zero-order chi connectivity index (χ0) is 23.7. The Balaban J connectivity index is 1.52. The van der Waals surface area contributed by atoms with Gasteiger partial charge in [-0.25, -0.2) is 14.4 Å². The number of methoxy groups -OCH3 is 1. The van der Waals surface area contributed by atoms with E-state index in [9.17, 15) is 9.18 Å². The minimum atomic E-state index is -0.369. The number of ether oxygens (including phenoxy) is 1. The zero-order valence-corrected chi connectivity index (χ0v) is 18.5. The molecule has 3 aromatic carbocycles. The minimum Gasteiger partial charge on any atom is -0.497 e. The Hall–Kier alpha value is -4.46. The lowest BCUT2D eigenvalue weighted by Crippen LogP contribution is -2.26. The van der Waals surface area contributed by atoms with Crippen molar-refractivity contribution in [1.29, 1.82) is 0 Å². The number of fused-ring (bicyclic) bond motifs is 2. The molecule has 0 atom stereocenters.